The molecule has 1 heterocycles. The molecule has 0 radical (unpaired) electrons. The molecule has 24 heavy (non-hydrogen) atoms. The number of nitro benzene ring substituents is 1. The molecule has 0 N–H and O–H groups in total. The molecule has 0 aliphatic carbocycles. The predicted molar refractivity (Wildman–Crippen MR) is 94.2 cm³/mol. The minimum Gasteiger partial charge on any atom is -0.455 e. The Morgan fingerprint density at radius 2 is 1.96 bits per heavy atom. The summed E-state index contributed by atoms with van der Waals surface area (Å²) < 4.78 is 5.72. The van der Waals surface area contributed by atoms with Crippen LogP contribution in [0.2, 0.25) is 5.02 Å². The van der Waals surface area contributed by atoms with Crippen LogP contribution in [-0.2, 0) is 0 Å². The molecule has 0 fully saturated rings. The first kappa shape index (κ1) is 16.0. The Balaban J connectivity index is 1.88. The summed E-state index contributed by atoms with van der Waals surface area (Å²) in [6.07, 6.45) is 1.53. The molecule has 2 aromatic carbocycles. The van der Waals surface area contributed by atoms with Crippen LogP contribution < -0.4 is 0 Å². The van der Waals surface area contributed by atoms with Crippen molar-refractivity contribution in [1.82, 2.24) is 0 Å². The third kappa shape index (κ3) is 3.36. The van der Waals surface area contributed by atoms with Crippen LogP contribution >= 0.6 is 11.6 Å². The summed E-state index contributed by atoms with van der Waals surface area (Å²) in [7, 11) is 0. The highest BCUT2D eigenvalue weighted by molar-refractivity contribution is 6.33. The summed E-state index contributed by atoms with van der Waals surface area (Å²) in [5, 5.41) is 11.5. The van der Waals surface area contributed by atoms with E-state index in [2.05, 4.69) is 4.99 Å². The third-order valence-corrected chi connectivity index (χ3v) is 3.83. The summed E-state index contributed by atoms with van der Waals surface area (Å²) in [6, 6.07) is 15.5. The minimum absolute atomic E-state index is 0.00366. The zero-order valence-corrected chi connectivity index (χ0v) is 13.5. The van der Waals surface area contributed by atoms with E-state index >= 15 is 0 Å². The van der Waals surface area contributed by atoms with Gasteiger partial charge in [-0.15, -0.1) is 0 Å². The maximum absolute atomic E-state index is 10.9. The summed E-state index contributed by atoms with van der Waals surface area (Å²) in [6.45, 7) is 1.84. The van der Waals surface area contributed by atoms with Crippen molar-refractivity contribution in [1.29, 1.82) is 0 Å². The Hall–Kier alpha value is -2.92. The molecule has 0 bridgehead atoms. The van der Waals surface area contributed by atoms with Crippen LogP contribution in [0.4, 0.5) is 11.4 Å². The first-order chi connectivity index (χ1) is 11.5. The van der Waals surface area contributed by atoms with Gasteiger partial charge in [-0.1, -0.05) is 29.8 Å². The molecule has 5 nitrogen and oxygen atoms in total. The van der Waals surface area contributed by atoms with E-state index in [0.717, 1.165) is 11.1 Å². The number of furan rings is 1. The second-order valence-corrected chi connectivity index (χ2v) is 5.58. The van der Waals surface area contributed by atoms with Crippen LogP contribution in [-0.4, -0.2) is 11.1 Å². The smallest absolute Gasteiger partial charge is 0.271 e. The number of aryl methyl sites for hydroxylation is 1. The number of benzene rings is 2. The fourth-order valence-corrected chi connectivity index (χ4v) is 2.44. The number of aliphatic imine (C=N–C) groups is 1. The molecule has 0 saturated carbocycles. The van der Waals surface area contributed by atoms with Crippen molar-refractivity contribution in [3.63, 3.8) is 0 Å². The lowest BCUT2D eigenvalue weighted by Gasteiger charge is -2.00. The highest BCUT2D eigenvalue weighted by Crippen LogP contribution is 2.29. The summed E-state index contributed by atoms with van der Waals surface area (Å²) in [5.74, 6) is 1.17. The topological polar surface area (TPSA) is 68.6 Å². The van der Waals surface area contributed by atoms with E-state index in [-0.39, 0.29) is 5.69 Å². The van der Waals surface area contributed by atoms with Crippen LogP contribution in [0.1, 0.15) is 11.3 Å². The molecule has 6 heteroatoms. The largest absolute Gasteiger partial charge is 0.455 e. The maximum Gasteiger partial charge on any atom is 0.271 e. The molecule has 120 valence electrons. The van der Waals surface area contributed by atoms with Crippen LogP contribution in [0, 0.1) is 17.0 Å². The van der Waals surface area contributed by atoms with E-state index < -0.39 is 4.92 Å². The maximum atomic E-state index is 10.9. The van der Waals surface area contributed by atoms with Crippen molar-refractivity contribution < 1.29 is 9.34 Å². The van der Waals surface area contributed by atoms with Crippen molar-refractivity contribution in [2.24, 2.45) is 4.99 Å². The number of rotatable bonds is 4. The van der Waals surface area contributed by atoms with Gasteiger partial charge in [-0.25, -0.2) is 0 Å². The van der Waals surface area contributed by atoms with Crippen LogP contribution in [0.3, 0.4) is 0 Å². The Morgan fingerprint density at radius 1 is 1.17 bits per heavy atom. The molecule has 0 saturated heterocycles. The van der Waals surface area contributed by atoms with Crippen molar-refractivity contribution in [3.05, 3.63) is 81.1 Å². The summed E-state index contributed by atoms with van der Waals surface area (Å²) in [5.41, 5.74) is 2.17. The average molecular weight is 341 g/mol. The summed E-state index contributed by atoms with van der Waals surface area (Å²) in [4.78, 5) is 14.7. The van der Waals surface area contributed by atoms with Gasteiger partial charge in [0.25, 0.3) is 5.69 Å². The Kier molecular flexibility index (Phi) is 4.44. The third-order valence-electron chi connectivity index (χ3n) is 3.50. The van der Waals surface area contributed by atoms with Gasteiger partial charge < -0.3 is 4.42 Å². The Morgan fingerprint density at radius 3 is 2.71 bits per heavy atom. The van der Waals surface area contributed by atoms with Gasteiger partial charge in [-0.2, -0.15) is 0 Å². The monoisotopic (exact) mass is 340 g/mol. The number of hydrogen-bond acceptors (Lipinski definition) is 4. The molecule has 0 spiro atoms. The first-order valence-corrected chi connectivity index (χ1v) is 7.56. The van der Waals surface area contributed by atoms with Gasteiger partial charge in [-0.3, -0.25) is 15.1 Å². The lowest BCUT2D eigenvalue weighted by Crippen LogP contribution is -1.88. The van der Waals surface area contributed by atoms with Crippen molar-refractivity contribution in [2.45, 2.75) is 6.92 Å². The molecule has 0 atom stereocenters. The van der Waals surface area contributed by atoms with Crippen molar-refractivity contribution >= 4 is 29.2 Å². The predicted octanol–water partition coefficient (Wildman–Crippen LogP) is 5.57. The zero-order chi connectivity index (χ0) is 17.1. The number of halogens is 1. The lowest BCUT2D eigenvalue weighted by molar-refractivity contribution is -0.384. The molecular weight excluding hydrogens is 328 g/mol. The second kappa shape index (κ2) is 6.68. The van der Waals surface area contributed by atoms with Crippen LogP contribution in [0.5, 0.6) is 0 Å². The van der Waals surface area contributed by atoms with E-state index in [1.807, 2.05) is 31.2 Å². The van der Waals surface area contributed by atoms with Crippen LogP contribution in [0.25, 0.3) is 11.3 Å². The number of nitrogens with zero attached hydrogens (tertiary/aromatic N) is 2. The average Bonchev–Trinajstić information content (AvgIpc) is 3.03. The van der Waals surface area contributed by atoms with Gasteiger partial charge in [0.2, 0.25) is 0 Å². The molecular formula is C18H13ClN2O3. The lowest BCUT2D eigenvalue weighted by atomic mass is 10.2. The van der Waals surface area contributed by atoms with E-state index in [0.29, 0.717) is 22.2 Å². The van der Waals surface area contributed by atoms with E-state index in [9.17, 15) is 10.1 Å². The molecule has 0 unspecified atom stereocenters. The van der Waals surface area contributed by atoms with E-state index in [1.54, 1.807) is 18.2 Å². The van der Waals surface area contributed by atoms with Gasteiger partial charge >= 0.3 is 0 Å². The molecule has 3 rings (SSSR count). The normalized spacial score (nSPS) is 11.1. The zero-order valence-electron chi connectivity index (χ0n) is 12.8. The standard InChI is InChI=1S/C18H13ClN2O3/c1-12-6-7-13(21(22)23)10-17(12)20-11-14-8-9-18(24-14)15-4-2-3-5-16(15)19/h2-11H,1H3. The second-order valence-electron chi connectivity index (χ2n) is 5.17. The molecule has 0 amide bonds. The molecule has 0 aliphatic heterocycles. The van der Waals surface area contributed by atoms with Crippen molar-refractivity contribution in [3.8, 4) is 11.3 Å². The van der Waals surface area contributed by atoms with Gasteiger partial charge in [0.05, 0.1) is 21.8 Å². The fraction of sp³-hybridized carbons (Fsp3) is 0.0556. The van der Waals surface area contributed by atoms with Gasteiger partial charge in [0.15, 0.2) is 0 Å². The van der Waals surface area contributed by atoms with Gasteiger partial charge in [0.1, 0.15) is 11.5 Å². The molecule has 1 aromatic heterocycles. The highest BCUT2D eigenvalue weighted by atomic mass is 35.5. The SMILES string of the molecule is Cc1ccc([N+](=O)[O-])cc1N=Cc1ccc(-c2ccccc2Cl)o1. The number of nitro groups is 1. The number of hydrogen-bond donors (Lipinski definition) is 0. The van der Waals surface area contributed by atoms with Crippen LogP contribution in [0.15, 0.2) is 64.0 Å². The quantitative estimate of drug-likeness (QED) is 0.354. The Labute approximate surface area is 143 Å². The summed E-state index contributed by atoms with van der Waals surface area (Å²) >= 11 is 6.15. The Bertz CT molecular complexity index is 932. The molecule has 3 aromatic rings. The fourth-order valence-electron chi connectivity index (χ4n) is 2.21. The van der Waals surface area contributed by atoms with Crippen molar-refractivity contribution in [2.75, 3.05) is 0 Å². The minimum atomic E-state index is -0.444. The van der Waals surface area contributed by atoms with Gasteiger partial charge in [0, 0.05) is 17.7 Å². The van der Waals surface area contributed by atoms with Gasteiger partial charge in [-0.05, 0) is 36.8 Å². The number of non-ortho nitro benzene ring substituents is 1. The molecule has 0 aliphatic rings. The highest BCUT2D eigenvalue weighted by Gasteiger charge is 2.09. The van der Waals surface area contributed by atoms with E-state index in [1.165, 1.54) is 18.3 Å². The van der Waals surface area contributed by atoms with E-state index in [4.69, 9.17) is 16.0 Å². The first-order valence-electron chi connectivity index (χ1n) is 7.18.